The van der Waals surface area contributed by atoms with Gasteiger partial charge in [-0.3, -0.25) is 0 Å². The average Bonchev–Trinajstić information content (AvgIpc) is 2.31. The number of anilines is 1. The number of halogens is 1. The first kappa shape index (κ1) is 11.4. The Hall–Kier alpha value is -1.07. The smallest absolute Gasteiger partial charge is 0.318 e. The molecule has 1 aliphatic heterocycles. The fourth-order valence-electron chi connectivity index (χ4n) is 1.77. The Bertz CT molecular complexity index is 366. The van der Waals surface area contributed by atoms with Gasteiger partial charge >= 0.3 is 6.01 Å². The first-order valence-corrected chi connectivity index (χ1v) is 5.65. The van der Waals surface area contributed by atoms with E-state index in [9.17, 15) is 0 Å². The number of rotatable bonds is 2. The maximum absolute atomic E-state index is 6.07. The fraction of sp³-hybridized carbons (Fsp3) is 0.600. The van der Waals surface area contributed by atoms with Crippen molar-refractivity contribution in [1.82, 2.24) is 9.97 Å². The number of hydrogen-bond acceptors (Lipinski definition) is 5. The number of hydrogen-bond donors (Lipinski definition) is 1. The van der Waals surface area contributed by atoms with E-state index in [1.165, 1.54) is 0 Å². The molecule has 0 amide bonds. The fourth-order valence-corrected chi connectivity index (χ4v) is 1.98. The number of nitrogens with zero attached hydrogens (tertiary/aromatic N) is 3. The van der Waals surface area contributed by atoms with Gasteiger partial charge in [0.1, 0.15) is 5.02 Å². The predicted molar refractivity (Wildman–Crippen MR) is 63.0 cm³/mol. The van der Waals surface area contributed by atoms with E-state index in [0.29, 0.717) is 17.1 Å². The van der Waals surface area contributed by atoms with E-state index in [2.05, 4.69) is 14.9 Å². The monoisotopic (exact) mass is 242 g/mol. The van der Waals surface area contributed by atoms with Crippen LogP contribution in [0.1, 0.15) is 12.8 Å². The quantitative estimate of drug-likeness (QED) is 0.840. The lowest BCUT2D eigenvalue weighted by Gasteiger charge is -2.31. The van der Waals surface area contributed by atoms with Crippen molar-refractivity contribution in [3.63, 3.8) is 0 Å². The van der Waals surface area contributed by atoms with Crippen molar-refractivity contribution in [2.24, 2.45) is 5.73 Å². The first-order valence-electron chi connectivity index (χ1n) is 5.27. The summed E-state index contributed by atoms with van der Waals surface area (Å²) >= 11 is 6.07. The largest absolute Gasteiger partial charge is 0.467 e. The molecule has 0 aromatic carbocycles. The molecule has 0 unspecified atom stereocenters. The summed E-state index contributed by atoms with van der Waals surface area (Å²) in [5, 5.41) is 0.552. The molecular formula is C10H15ClN4O. The Labute approximate surface area is 99.6 Å². The molecule has 0 aliphatic carbocycles. The van der Waals surface area contributed by atoms with Crippen molar-refractivity contribution >= 4 is 17.4 Å². The van der Waals surface area contributed by atoms with Gasteiger partial charge in [0.15, 0.2) is 5.82 Å². The minimum Gasteiger partial charge on any atom is -0.467 e. The number of ether oxygens (including phenoxy) is 1. The molecule has 0 radical (unpaired) electrons. The average molecular weight is 243 g/mol. The van der Waals surface area contributed by atoms with Crippen LogP contribution in [0.15, 0.2) is 6.20 Å². The second-order valence-electron chi connectivity index (χ2n) is 3.85. The van der Waals surface area contributed by atoms with Crippen LogP contribution in [0.3, 0.4) is 0 Å². The molecule has 1 aromatic rings. The van der Waals surface area contributed by atoms with Crippen molar-refractivity contribution in [2.45, 2.75) is 18.9 Å². The number of aromatic nitrogens is 2. The van der Waals surface area contributed by atoms with Gasteiger partial charge in [-0.05, 0) is 12.8 Å². The van der Waals surface area contributed by atoms with E-state index in [1.54, 1.807) is 13.3 Å². The molecule has 2 N–H and O–H groups in total. The second-order valence-corrected chi connectivity index (χ2v) is 4.26. The molecule has 1 aromatic heterocycles. The highest BCUT2D eigenvalue weighted by molar-refractivity contribution is 6.32. The molecule has 6 heteroatoms. The third-order valence-electron chi connectivity index (χ3n) is 2.73. The molecule has 2 rings (SSSR count). The van der Waals surface area contributed by atoms with Crippen molar-refractivity contribution in [3.05, 3.63) is 11.2 Å². The van der Waals surface area contributed by atoms with Crippen molar-refractivity contribution < 1.29 is 4.74 Å². The van der Waals surface area contributed by atoms with E-state index >= 15 is 0 Å². The van der Waals surface area contributed by atoms with Gasteiger partial charge in [-0.2, -0.15) is 4.98 Å². The highest BCUT2D eigenvalue weighted by Crippen LogP contribution is 2.26. The van der Waals surface area contributed by atoms with Crippen LogP contribution in [0.25, 0.3) is 0 Å². The van der Waals surface area contributed by atoms with Gasteiger partial charge in [-0.1, -0.05) is 11.6 Å². The van der Waals surface area contributed by atoms with Gasteiger partial charge in [0, 0.05) is 19.1 Å². The Morgan fingerprint density at radius 3 is 2.81 bits per heavy atom. The van der Waals surface area contributed by atoms with Crippen LogP contribution in [-0.4, -0.2) is 36.2 Å². The molecule has 2 heterocycles. The van der Waals surface area contributed by atoms with Crippen molar-refractivity contribution in [2.75, 3.05) is 25.1 Å². The normalized spacial score (nSPS) is 17.6. The van der Waals surface area contributed by atoms with Crippen LogP contribution >= 0.6 is 11.6 Å². The zero-order valence-corrected chi connectivity index (χ0v) is 9.94. The third-order valence-corrected chi connectivity index (χ3v) is 2.99. The minimum atomic E-state index is 0.291. The van der Waals surface area contributed by atoms with E-state index < -0.39 is 0 Å². The van der Waals surface area contributed by atoms with E-state index in [1.807, 2.05) is 0 Å². The molecule has 16 heavy (non-hydrogen) atoms. The van der Waals surface area contributed by atoms with Gasteiger partial charge in [-0.15, -0.1) is 0 Å². The van der Waals surface area contributed by atoms with Crippen molar-refractivity contribution in [1.29, 1.82) is 0 Å². The van der Waals surface area contributed by atoms with Gasteiger partial charge in [0.05, 0.1) is 13.3 Å². The lowest BCUT2D eigenvalue weighted by molar-refractivity contribution is 0.379. The maximum atomic E-state index is 6.07. The molecule has 0 bridgehead atoms. The van der Waals surface area contributed by atoms with Gasteiger partial charge in [0.2, 0.25) is 0 Å². The van der Waals surface area contributed by atoms with Gasteiger partial charge in [0.25, 0.3) is 0 Å². The highest BCUT2D eigenvalue weighted by Gasteiger charge is 2.20. The van der Waals surface area contributed by atoms with Crippen LogP contribution in [0.5, 0.6) is 6.01 Å². The summed E-state index contributed by atoms with van der Waals surface area (Å²) in [6, 6.07) is 0.632. The SMILES string of the molecule is COc1ncc(Cl)c(N2CCC(N)CC2)n1. The summed E-state index contributed by atoms with van der Waals surface area (Å²) in [6.07, 6.45) is 3.49. The molecule has 0 saturated carbocycles. The zero-order chi connectivity index (χ0) is 11.5. The number of nitrogens with two attached hydrogens (primary N) is 1. The second kappa shape index (κ2) is 4.84. The summed E-state index contributed by atoms with van der Waals surface area (Å²) in [7, 11) is 1.54. The molecule has 88 valence electrons. The lowest BCUT2D eigenvalue weighted by Crippen LogP contribution is -2.40. The van der Waals surface area contributed by atoms with E-state index in [0.717, 1.165) is 31.7 Å². The molecular weight excluding hydrogens is 228 g/mol. The number of methoxy groups -OCH3 is 1. The Morgan fingerprint density at radius 1 is 1.50 bits per heavy atom. The first-order chi connectivity index (χ1) is 7.70. The van der Waals surface area contributed by atoms with Gasteiger partial charge < -0.3 is 15.4 Å². The van der Waals surface area contributed by atoms with E-state index in [-0.39, 0.29) is 0 Å². The van der Waals surface area contributed by atoms with Crippen LogP contribution in [-0.2, 0) is 0 Å². The standard InChI is InChI=1S/C10H15ClN4O/c1-16-10-13-6-8(11)9(14-10)15-4-2-7(12)3-5-15/h6-7H,2-5,12H2,1H3. The summed E-state index contributed by atoms with van der Waals surface area (Å²) in [5.74, 6) is 0.736. The topological polar surface area (TPSA) is 64.3 Å². The minimum absolute atomic E-state index is 0.291. The zero-order valence-electron chi connectivity index (χ0n) is 9.19. The maximum Gasteiger partial charge on any atom is 0.318 e. The van der Waals surface area contributed by atoms with Crippen LogP contribution in [0.4, 0.5) is 5.82 Å². The van der Waals surface area contributed by atoms with Crippen molar-refractivity contribution in [3.8, 4) is 6.01 Å². The van der Waals surface area contributed by atoms with E-state index in [4.69, 9.17) is 22.1 Å². The van der Waals surface area contributed by atoms with Crippen LogP contribution in [0.2, 0.25) is 5.02 Å². The van der Waals surface area contributed by atoms with Gasteiger partial charge in [-0.25, -0.2) is 4.98 Å². The van der Waals surface area contributed by atoms with Crippen LogP contribution in [0, 0.1) is 0 Å². The third kappa shape index (κ3) is 2.36. The Balaban J connectivity index is 2.19. The Morgan fingerprint density at radius 2 is 2.19 bits per heavy atom. The summed E-state index contributed by atoms with van der Waals surface area (Å²) in [5.41, 5.74) is 5.85. The molecule has 5 nitrogen and oxygen atoms in total. The molecule has 0 spiro atoms. The highest BCUT2D eigenvalue weighted by atomic mass is 35.5. The summed E-state index contributed by atoms with van der Waals surface area (Å²) in [4.78, 5) is 10.3. The lowest BCUT2D eigenvalue weighted by atomic mass is 10.1. The predicted octanol–water partition coefficient (Wildman–Crippen LogP) is 1.07. The number of piperidine rings is 1. The molecule has 1 aliphatic rings. The van der Waals surface area contributed by atoms with Crippen LogP contribution < -0.4 is 15.4 Å². The summed E-state index contributed by atoms with van der Waals surface area (Å²) in [6.45, 7) is 1.75. The molecule has 0 atom stereocenters. The Kier molecular flexibility index (Phi) is 3.46. The molecule has 1 fully saturated rings. The summed E-state index contributed by atoms with van der Waals surface area (Å²) < 4.78 is 4.99. The molecule has 1 saturated heterocycles.